The van der Waals surface area contributed by atoms with Gasteiger partial charge in [0.25, 0.3) is 0 Å². The van der Waals surface area contributed by atoms with Gasteiger partial charge in [-0.25, -0.2) is 9.78 Å². The fourth-order valence-electron chi connectivity index (χ4n) is 11.9. The van der Waals surface area contributed by atoms with Gasteiger partial charge in [-0.05, 0) is 128 Å². The predicted molar refractivity (Wildman–Crippen MR) is 450 cm³/mol. The number of carbonyl (C=O) groups excluding carboxylic acids is 15. The lowest BCUT2D eigenvalue weighted by Gasteiger charge is -2.28. The minimum absolute atomic E-state index is 0.0434. The Kier molecular flexibility index (Phi) is 51.6. The number of hydrogen-bond acceptors (Lipinski definition) is 28. The van der Waals surface area contributed by atoms with Gasteiger partial charge in [-0.1, -0.05) is 36.8 Å². The number of aliphatic hydroxyl groups is 1. The Morgan fingerprint density at radius 1 is 0.398 bits per heavy atom. The molecule has 52 heteroatoms. The number of imidazole rings is 1. The minimum atomic E-state index is -1.98. The number of amides is 15. The molecular weight excluding hydrogens is 1720 g/mol. The van der Waals surface area contributed by atoms with Crippen molar-refractivity contribution < 1.29 is 136 Å². The van der Waals surface area contributed by atoms with Gasteiger partial charge in [-0.15, -0.1) is 0 Å². The summed E-state index contributed by atoms with van der Waals surface area (Å²) in [6.07, 6.45) is -4.44. The van der Waals surface area contributed by atoms with E-state index in [-0.39, 0.29) is 63.1 Å². The molecule has 1 aromatic heterocycles. The zero-order valence-electron chi connectivity index (χ0n) is 70.7. The minimum Gasteiger partial charge on any atom is -0.481 e. The molecule has 0 saturated carbocycles. The topological polar surface area (TPSA) is 863 Å². The van der Waals surface area contributed by atoms with Crippen LogP contribution >= 0.6 is 11.8 Å². The van der Waals surface area contributed by atoms with Gasteiger partial charge in [0.2, 0.25) is 88.6 Å². The Labute approximate surface area is 737 Å². The van der Waals surface area contributed by atoms with Crippen LogP contribution in [0.3, 0.4) is 0 Å². The lowest BCUT2D eigenvalue weighted by Crippen LogP contribution is -2.61. The van der Waals surface area contributed by atoms with Crippen LogP contribution in [-0.2, 0) is 114 Å². The SMILES string of the molecule is CSCCC(NC(=O)C(Cc1c[nH]cn1)NC(=O)C(CCC(N)=O)NC(=O)C(CCCNC(=N)N)NC(=O)C(CCC(=O)O)NC(=O)C(Cc1ccccc1)NC(=O)C(CCCCN)NC(=O)C(CCC(=O)O)NC(=O)C(C)NC(=O)C(C)NC(=O)C(CCC(=O)O)NC(=O)C(CCC(=O)O)NC(=O)C(N)CCCCN)C(=O)NC(CC(=O)O)C(=O)NC(CO)C(=O)O. The normalized spacial score (nSPS) is 14.5. The van der Waals surface area contributed by atoms with Crippen molar-refractivity contribution >= 4 is 142 Å². The van der Waals surface area contributed by atoms with Crippen LogP contribution in [0, 0.1) is 5.41 Å². The van der Waals surface area contributed by atoms with E-state index < -0.39 is 318 Å². The number of rotatable bonds is 66. The third-order valence-corrected chi connectivity index (χ3v) is 19.7. The lowest BCUT2D eigenvalue weighted by molar-refractivity contribution is -0.144. The lowest BCUT2D eigenvalue weighted by atomic mass is 10.0. The number of primary amides is 1. The van der Waals surface area contributed by atoms with E-state index in [0.717, 1.165) is 13.8 Å². The monoisotopic (exact) mass is 1830 g/mol. The first-order chi connectivity index (χ1) is 60.4. The van der Waals surface area contributed by atoms with Gasteiger partial charge < -0.3 is 149 Å². The number of benzene rings is 1. The fourth-order valence-corrected chi connectivity index (χ4v) is 12.4. The number of carboxylic acids is 6. The number of aliphatic hydroxyl groups excluding tert-OH is 1. The van der Waals surface area contributed by atoms with Crippen molar-refractivity contribution in [2.24, 2.45) is 28.7 Å². The van der Waals surface area contributed by atoms with Crippen LogP contribution in [0.4, 0.5) is 0 Å². The molecular formula is C76H119N23O28S. The van der Waals surface area contributed by atoms with Crippen molar-refractivity contribution in [2.45, 2.75) is 246 Å². The second-order valence-electron chi connectivity index (χ2n) is 29.4. The molecule has 0 aliphatic rings. The van der Waals surface area contributed by atoms with E-state index in [0.29, 0.717) is 24.9 Å². The summed E-state index contributed by atoms with van der Waals surface area (Å²) in [5, 5.41) is 110. The maximum atomic E-state index is 14.9. The summed E-state index contributed by atoms with van der Waals surface area (Å²) in [7, 11) is 0. The molecule has 712 valence electrons. The van der Waals surface area contributed by atoms with Gasteiger partial charge in [0.15, 0.2) is 5.96 Å². The molecule has 128 heavy (non-hydrogen) atoms. The van der Waals surface area contributed by atoms with Gasteiger partial charge in [-0.2, -0.15) is 11.8 Å². The Morgan fingerprint density at radius 2 is 0.734 bits per heavy atom. The number of nitrogens with two attached hydrogens (primary N) is 5. The molecule has 2 aromatic rings. The van der Waals surface area contributed by atoms with Gasteiger partial charge in [0.1, 0.15) is 84.6 Å². The second kappa shape index (κ2) is 59.6. The highest BCUT2D eigenvalue weighted by atomic mass is 32.2. The average molecular weight is 1830 g/mol. The van der Waals surface area contributed by atoms with E-state index in [1.165, 1.54) is 36.4 Å². The van der Waals surface area contributed by atoms with Gasteiger partial charge in [0, 0.05) is 57.7 Å². The standard InChI is InChI=1S/C76H119N23O28S/c1-38(87-64(115)46(18-23-56(102)103)93-68(119)48(20-25-58(106)107)89-63(114)42(79)14-7-9-28-77)61(112)86-39(2)62(113)88-47(19-24-57(104)105)67(118)90-43(15-8-10-29-78)66(117)96-51(32-40-12-5-4-6-13-40)72(123)94-49(21-26-59(108)109)69(120)91-44(16-11-30-84-76(81)82)65(116)92-45(17-22-55(80)101)70(121)97-52(33-41-35-83-37-85-41)73(124)95-50(27-31-128-3)71(122)98-53(34-60(110)111)74(125)99-54(36-100)75(126)127/h4-6,12-13,35,37-39,42-54,100H,7-11,14-34,36,77-79H2,1-3H3,(H2,80,101)(H,83,85)(H,86,112)(H,87,115)(H,88,113)(H,89,114)(H,90,118)(H,91,120)(H,92,116)(H,93,119)(H,94,123)(H,95,124)(H,96,117)(H,97,121)(H,98,122)(H,99,125)(H,102,103)(H,104,105)(H,106,107)(H,108,109)(H,110,111)(H,126,127)(H4,81,82,84). The molecule has 15 atom stereocenters. The molecule has 2 rings (SSSR count). The second-order valence-corrected chi connectivity index (χ2v) is 30.4. The van der Waals surface area contributed by atoms with E-state index in [1.54, 1.807) is 24.5 Å². The van der Waals surface area contributed by atoms with Crippen molar-refractivity contribution in [2.75, 3.05) is 38.2 Å². The van der Waals surface area contributed by atoms with Crippen LogP contribution in [0.25, 0.3) is 0 Å². The number of carboxylic acid groups (broad SMARTS) is 6. The number of carbonyl (C=O) groups is 21. The maximum absolute atomic E-state index is 14.9. The van der Waals surface area contributed by atoms with Crippen LogP contribution < -0.4 is 108 Å². The molecule has 0 fully saturated rings. The first kappa shape index (κ1) is 111. The molecule has 15 amide bonds. The number of aromatic amines is 1. The summed E-state index contributed by atoms with van der Waals surface area (Å²) >= 11 is 1.17. The molecule has 0 aliphatic carbocycles. The van der Waals surface area contributed by atoms with Crippen LogP contribution in [0.1, 0.15) is 154 Å². The first-order valence-electron chi connectivity index (χ1n) is 40.6. The number of H-pyrrole nitrogens is 1. The molecule has 51 nitrogen and oxygen atoms in total. The number of hydrogen-bond donors (Lipinski definition) is 29. The number of aliphatic carboxylic acids is 6. The first-order valence-corrected chi connectivity index (χ1v) is 42.0. The van der Waals surface area contributed by atoms with Crippen molar-refractivity contribution in [3.05, 3.63) is 54.1 Å². The van der Waals surface area contributed by atoms with Crippen molar-refractivity contribution in [1.82, 2.24) is 89.7 Å². The Morgan fingerprint density at radius 3 is 1.12 bits per heavy atom. The van der Waals surface area contributed by atoms with Crippen molar-refractivity contribution in [3.8, 4) is 0 Å². The Balaban J connectivity index is 2.63. The highest BCUT2D eigenvalue weighted by Crippen LogP contribution is 2.15. The smallest absolute Gasteiger partial charge is 0.328 e. The molecule has 1 heterocycles. The number of guanidine groups is 1. The Hall–Kier alpha value is -13.2. The van der Waals surface area contributed by atoms with E-state index in [4.69, 9.17) is 34.1 Å². The van der Waals surface area contributed by atoms with E-state index in [1.807, 2.05) is 5.32 Å². The third kappa shape index (κ3) is 44.6. The number of unbranched alkanes of at least 4 members (excludes halogenated alkanes) is 2. The molecule has 0 bridgehead atoms. The summed E-state index contributed by atoms with van der Waals surface area (Å²) in [5.41, 5.74) is 28.8. The number of aromatic nitrogens is 2. The average Bonchev–Trinajstić information content (AvgIpc) is 1.03. The zero-order chi connectivity index (χ0) is 96.3. The van der Waals surface area contributed by atoms with Crippen LogP contribution in [0.2, 0.25) is 0 Å². The number of thioether (sulfide) groups is 1. The maximum Gasteiger partial charge on any atom is 0.328 e. The molecule has 15 unspecified atom stereocenters. The van der Waals surface area contributed by atoms with E-state index in [2.05, 4.69) is 84.4 Å². The molecule has 0 saturated heterocycles. The Bertz CT molecular complexity index is 4110. The highest BCUT2D eigenvalue weighted by Gasteiger charge is 2.39. The quantitative estimate of drug-likeness (QED) is 0.0166. The molecule has 0 aliphatic heterocycles. The highest BCUT2D eigenvalue weighted by molar-refractivity contribution is 7.98. The molecule has 1 aromatic carbocycles. The summed E-state index contributed by atoms with van der Waals surface area (Å²) < 4.78 is 0. The summed E-state index contributed by atoms with van der Waals surface area (Å²) in [5.74, 6) is -26.9. The van der Waals surface area contributed by atoms with E-state index >= 15 is 0 Å². The fraction of sp³-hybridized carbons (Fsp3) is 0.592. The van der Waals surface area contributed by atoms with Gasteiger partial charge >= 0.3 is 35.8 Å². The summed E-state index contributed by atoms with van der Waals surface area (Å²) in [6.45, 7) is 1.26. The molecule has 0 spiro atoms. The number of nitrogens with one attached hydrogen (secondary N) is 17. The molecule has 34 N–H and O–H groups in total. The third-order valence-electron chi connectivity index (χ3n) is 19.0. The van der Waals surface area contributed by atoms with Gasteiger partial charge in [-0.3, -0.25) is 101 Å². The largest absolute Gasteiger partial charge is 0.481 e. The van der Waals surface area contributed by atoms with Crippen molar-refractivity contribution in [3.63, 3.8) is 0 Å². The predicted octanol–water partition coefficient (Wildman–Crippen LogP) is -9.10. The van der Waals surface area contributed by atoms with Gasteiger partial charge in [0.05, 0.1) is 31.1 Å². The van der Waals surface area contributed by atoms with Crippen molar-refractivity contribution in [1.29, 1.82) is 5.41 Å². The molecule has 0 radical (unpaired) electrons. The van der Waals surface area contributed by atoms with Crippen LogP contribution in [0.15, 0.2) is 42.9 Å². The number of nitrogens with zero attached hydrogens (tertiary/aromatic N) is 1. The van der Waals surface area contributed by atoms with Crippen LogP contribution in [0.5, 0.6) is 0 Å². The van der Waals surface area contributed by atoms with E-state index in [9.17, 15) is 136 Å². The summed E-state index contributed by atoms with van der Waals surface area (Å²) in [6, 6.07) is -18.2. The zero-order valence-corrected chi connectivity index (χ0v) is 71.6. The van der Waals surface area contributed by atoms with Crippen LogP contribution in [-0.4, -0.2) is 305 Å². The summed E-state index contributed by atoms with van der Waals surface area (Å²) in [4.78, 5) is 288.